The van der Waals surface area contributed by atoms with Gasteiger partial charge in [0.1, 0.15) is 12.2 Å². The van der Waals surface area contributed by atoms with Crippen LogP contribution in [0.4, 0.5) is 0 Å². The Kier molecular flexibility index (Phi) is 5.60. The van der Waals surface area contributed by atoms with Gasteiger partial charge in [0.15, 0.2) is 5.69 Å². The minimum Gasteiger partial charge on any atom is -0.460 e. The smallest absolute Gasteiger partial charge is 0.374 e. The number of furan rings is 1. The number of rotatable bonds is 5. The number of ether oxygens (including phenoxy) is 2. The van der Waals surface area contributed by atoms with Gasteiger partial charge in [0.25, 0.3) is 5.56 Å². The van der Waals surface area contributed by atoms with Gasteiger partial charge < -0.3 is 13.9 Å². The van der Waals surface area contributed by atoms with Crippen molar-refractivity contribution in [1.29, 1.82) is 0 Å². The lowest BCUT2D eigenvalue weighted by atomic mass is 10.1. The summed E-state index contributed by atoms with van der Waals surface area (Å²) in [6.07, 6.45) is 0. The Bertz CT molecular complexity index is 1390. The highest BCUT2D eigenvalue weighted by Crippen LogP contribution is 2.30. The first kappa shape index (κ1) is 20.8. The zero-order valence-corrected chi connectivity index (χ0v) is 18.3. The Morgan fingerprint density at radius 1 is 1.06 bits per heavy atom. The Hall–Kier alpha value is -3.46. The van der Waals surface area contributed by atoms with Crippen molar-refractivity contribution in [2.45, 2.75) is 13.5 Å². The van der Waals surface area contributed by atoms with Crippen LogP contribution in [0, 0.1) is 0 Å². The Labute approximate surface area is 184 Å². The van der Waals surface area contributed by atoms with Crippen LogP contribution in [0.2, 0.25) is 0 Å². The lowest BCUT2D eigenvalue weighted by molar-refractivity contribution is 0.0431. The van der Waals surface area contributed by atoms with Crippen molar-refractivity contribution in [3.8, 4) is 0 Å². The zero-order valence-electron chi connectivity index (χ0n) is 16.7. The third-order valence-electron chi connectivity index (χ3n) is 4.71. The fourth-order valence-corrected chi connectivity index (χ4v) is 3.64. The van der Waals surface area contributed by atoms with Crippen molar-refractivity contribution in [2.24, 2.45) is 7.05 Å². The monoisotopic (exact) mass is 484 g/mol. The van der Waals surface area contributed by atoms with E-state index in [1.165, 1.54) is 7.05 Å². The molecule has 9 heteroatoms. The summed E-state index contributed by atoms with van der Waals surface area (Å²) in [7, 11) is 1.46. The Morgan fingerprint density at radius 3 is 2.55 bits per heavy atom. The highest BCUT2D eigenvalue weighted by atomic mass is 79.9. The van der Waals surface area contributed by atoms with Crippen molar-refractivity contribution in [2.75, 3.05) is 6.61 Å². The summed E-state index contributed by atoms with van der Waals surface area (Å²) in [5.41, 5.74) is 0.534. The first-order valence-electron chi connectivity index (χ1n) is 9.42. The van der Waals surface area contributed by atoms with E-state index >= 15 is 0 Å². The molecule has 0 fully saturated rings. The van der Waals surface area contributed by atoms with E-state index < -0.39 is 11.9 Å². The average Bonchev–Trinajstić information content (AvgIpc) is 3.12. The van der Waals surface area contributed by atoms with Crippen LogP contribution in [0.3, 0.4) is 0 Å². The van der Waals surface area contributed by atoms with E-state index in [1.807, 2.05) is 0 Å². The number of aromatic nitrogens is 2. The summed E-state index contributed by atoms with van der Waals surface area (Å²) in [5, 5.41) is 5.43. The molecular weight excluding hydrogens is 468 g/mol. The molecule has 0 bridgehead atoms. The molecule has 8 nitrogen and oxygen atoms in total. The summed E-state index contributed by atoms with van der Waals surface area (Å²) in [4.78, 5) is 37.5. The molecule has 158 valence electrons. The van der Waals surface area contributed by atoms with Crippen LogP contribution in [-0.2, 0) is 23.1 Å². The van der Waals surface area contributed by atoms with Gasteiger partial charge in [-0.15, -0.1) is 0 Å². The predicted octanol–water partition coefficient (Wildman–Crippen LogP) is 3.98. The molecule has 0 aliphatic carbocycles. The van der Waals surface area contributed by atoms with Crippen LogP contribution < -0.4 is 5.56 Å². The minimum absolute atomic E-state index is 0.00404. The summed E-state index contributed by atoms with van der Waals surface area (Å²) in [6, 6.07) is 11.9. The maximum Gasteiger partial charge on any atom is 0.374 e. The summed E-state index contributed by atoms with van der Waals surface area (Å²) in [6.45, 7) is 1.62. The third kappa shape index (κ3) is 3.84. The van der Waals surface area contributed by atoms with Crippen molar-refractivity contribution in [3.05, 3.63) is 74.3 Å². The summed E-state index contributed by atoms with van der Waals surface area (Å²) < 4.78 is 18.1. The summed E-state index contributed by atoms with van der Waals surface area (Å²) in [5.74, 6) is -1.40. The van der Waals surface area contributed by atoms with Gasteiger partial charge >= 0.3 is 11.9 Å². The highest BCUT2D eigenvalue weighted by molar-refractivity contribution is 9.10. The normalized spacial score (nSPS) is 11.1. The van der Waals surface area contributed by atoms with Gasteiger partial charge in [-0.1, -0.05) is 34.1 Å². The van der Waals surface area contributed by atoms with Crippen molar-refractivity contribution in [3.63, 3.8) is 0 Å². The second kappa shape index (κ2) is 8.35. The Balaban J connectivity index is 1.72. The molecule has 31 heavy (non-hydrogen) atoms. The second-order valence-corrected chi connectivity index (χ2v) is 7.59. The number of hydrogen-bond acceptors (Lipinski definition) is 7. The SMILES string of the molecule is CCOC(=O)c1oc2ccc(Br)cc2c1COC(=O)c1nn(C)c(=O)c2ccccc12. The first-order valence-corrected chi connectivity index (χ1v) is 10.2. The van der Waals surface area contributed by atoms with E-state index in [9.17, 15) is 14.4 Å². The lowest BCUT2D eigenvalue weighted by Gasteiger charge is -2.09. The number of carbonyl (C=O) groups excluding carboxylic acids is 2. The fraction of sp³-hybridized carbons (Fsp3) is 0.182. The van der Waals surface area contributed by atoms with Crippen LogP contribution in [-0.4, -0.2) is 28.3 Å². The number of nitrogens with zero attached hydrogens (tertiary/aromatic N) is 2. The van der Waals surface area contributed by atoms with Crippen molar-refractivity contribution >= 4 is 49.6 Å². The van der Waals surface area contributed by atoms with Gasteiger partial charge in [0.05, 0.1) is 17.6 Å². The van der Waals surface area contributed by atoms with Crippen LogP contribution in [0.5, 0.6) is 0 Å². The van der Waals surface area contributed by atoms with E-state index in [0.717, 1.165) is 9.15 Å². The molecule has 2 aromatic carbocycles. The van der Waals surface area contributed by atoms with Crippen molar-refractivity contribution < 1.29 is 23.5 Å². The highest BCUT2D eigenvalue weighted by Gasteiger charge is 2.24. The number of carbonyl (C=O) groups is 2. The Morgan fingerprint density at radius 2 is 1.81 bits per heavy atom. The first-order chi connectivity index (χ1) is 14.9. The van der Waals surface area contributed by atoms with E-state index in [4.69, 9.17) is 13.9 Å². The zero-order chi connectivity index (χ0) is 22.1. The number of hydrogen-bond donors (Lipinski definition) is 0. The topological polar surface area (TPSA) is 101 Å². The third-order valence-corrected chi connectivity index (χ3v) is 5.20. The van der Waals surface area contributed by atoms with Crippen LogP contribution in [0.25, 0.3) is 21.7 Å². The van der Waals surface area contributed by atoms with Crippen molar-refractivity contribution in [1.82, 2.24) is 9.78 Å². The van der Waals surface area contributed by atoms with Gasteiger partial charge in [0, 0.05) is 22.3 Å². The molecule has 2 heterocycles. The molecule has 4 rings (SSSR count). The molecular formula is C22H17BrN2O6. The number of fused-ring (bicyclic) bond motifs is 2. The quantitative estimate of drug-likeness (QED) is 0.395. The van der Waals surface area contributed by atoms with Crippen LogP contribution >= 0.6 is 15.9 Å². The van der Waals surface area contributed by atoms with Gasteiger partial charge in [0.2, 0.25) is 5.76 Å². The fourth-order valence-electron chi connectivity index (χ4n) is 3.28. The maximum absolute atomic E-state index is 12.9. The van der Waals surface area contributed by atoms with Gasteiger partial charge in [-0.2, -0.15) is 5.10 Å². The average molecular weight is 485 g/mol. The number of halogens is 1. The minimum atomic E-state index is -0.731. The molecule has 2 aromatic heterocycles. The lowest BCUT2D eigenvalue weighted by Crippen LogP contribution is -2.23. The van der Waals surface area contributed by atoms with E-state index in [1.54, 1.807) is 49.4 Å². The molecule has 0 N–H and O–H groups in total. The maximum atomic E-state index is 12.9. The number of aryl methyl sites for hydroxylation is 1. The molecule has 0 aliphatic rings. The molecule has 4 aromatic rings. The molecule has 0 radical (unpaired) electrons. The van der Waals surface area contributed by atoms with Crippen LogP contribution in [0.1, 0.15) is 33.5 Å². The molecule has 0 spiro atoms. The van der Waals surface area contributed by atoms with Crippen LogP contribution in [0.15, 0.2) is 56.1 Å². The molecule has 0 saturated carbocycles. The molecule has 0 saturated heterocycles. The molecule has 0 aliphatic heterocycles. The number of esters is 2. The van der Waals surface area contributed by atoms with E-state index in [2.05, 4.69) is 21.0 Å². The van der Waals surface area contributed by atoms with E-state index in [-0.39, 0.29) is 30.2 Å². The molecule has 0 atom stereocenters. The molecule has 0 unspecified atom stereocenters. The predicted molar refractivity (Wildman–Crippen MR) is 116 cm³/mol. The van der Waals surface area contributed by atoms with Gasteiger partial charge in [-0.3, -0.25) is 4.79 Å². The van der Waals surface area contributed by atoms with E-state index in [0.29, 0.717) is 27.3 Å². The summed E-state index contributed by atoms with van der Waals surface area (Å²) >= 11 is 3.39. The standard InChI is InChI=1S/C22H17BrN2O6/c1-3-29-22(28)19-16(15-10-12(23)8-9-17(15)31-19)11-30-21(27)18-13-6-4-5-7-14(13)20(26)25(2)24-18/h4-10H,3,11H2,1-2H3. The number of benzene rings is 2. The van der Waals surface area contributed by atoms with Gasteiger partial charge in [-0.05, 0) is 31.2 Å². The molecule has 0 amide bonds. The van der Waals surface area contributed by atoms with Gasteiger partial charge in [-0.25, -0.2) is 14.3 Å². The largest absolute Gasteiger partial charge is 0.460 e. The second-order valence-electron chi connectivity index (χ2n) is 6.67.